The van der Waals surface area contributed by atoms with E-state index in [4.69, 9.17) is 10.2 Å². The number of nitrogens with two attached hydrogens (primary N) is 1. The largest absolute Gasteiger partial charge is 0.396 e. The summed E-state index contributed by atoms with van der Waals surface area (Å²) in [6.45, 7) is 1.95. The zero-order chi connectivity index (χ0) is 10.6. The summed E-state index contributed by atoms with van der Waals surface area (Å²) in [5.41, 5.74) is 0. The van der Waals surface area contributed by atoms with Gasteiger partial charge in [-0.1, -0.05) is 0 Å². The first-order valence-electron chi connectivity index (χ1n) is 4.25. The summed E-state index contributed by atoms with van der Waals surface area (Å²) in [5, 5.41) is 16.2. The van der Waals surface area contributed by atoms with Crippen molar-refractivity contribution in [2.75, 3.05) is 26.2 Å². The van der Waals surface area contributed by atoms with Gasteiger partial charge in [0.25, 0.3) is 0 Å². The number of hydrogen-bond donors (Lipinski definition) is 3. The smallest absolute Gasteiger partial charge is 0.320 e. The van der Waals surface area contributed by atoms with Gasteiger partial charge in [0.05, 0.1) is 0 Å². The lowest BCUT2D eigenvalue weighted by Crippen LogP contribution is -2.33. The SMILES string of the molecule is NS(=O)(=O)N=C1NCCN1CCCO. The van der Waals surface area contributed by atoms with Gasteiger partial charge in [-0.3, -0.25) is 0 Å². The Labute approximate surface area is 82.8 Å². The van der Waals surface area contributed by atoms with Crippen molar-refractivity contribution < 1.29 is 13.5 Å². The van der Waals surface area contributed by atoms with Crippen LogP contribution >= 0.6 is 0 Å². The minimum absolute atomic E-state index is 0.0686. The van der Waals surface area contributed by atoms with Gasteiger partial charge < -0.3 is 15.3 Å². The molecule has 0 radical (unpaired) electrons. The van der Waals surface area contributed by atoms with Crippen LogP contribution < -0.4 is 10.5 Å². The Morgan fingerprint density at radius 1 is 1.64 bits per heavy atom. The highest BCUT2D eigenvalue weighted by Gasteiger charge is 2.18. The molecule has 0 aliphatic carbocycles. The molecule has 0 saturated carbocycles. The highest BCUT2D eigenvalue weighted by atomic mass is 32.2. The van der Waals surface area contributed by atoms with Crippen molar-refractivity contribution in [2.24, 2.45) is 9.54 Å². The van der Waals surface area contributed by atoms with E-state index in [0.717, 1.165) is 0 Å². The van der Waals surface area contributed by atoms with Crippen LogP contribution in [0.4, 0.5) is 0 Å². The van der Waals surface area contributed by atoms with Gasteiger partial charge in [-0.25, -0.2) is 5.14 Å². The summed E-state index contributed by atoms with van der Waals surface area (Å²) in [6, 6.07) is 0. The first-order chi connectivity index (χ1) is 6.53. The van der Waals surface area contributed by atoms with Crippen LogP contribution in [0.2, 0.25) is 0 Å². The van der Waals surface area contributed by atoms with Crippen LogP contribution in [0.1, 0.15) is 6.42 Å². The van der Waals surface area contributed by atoms with Crippen molar-refractivity contribution in [2.45, 2.75) is 6.42 Å². The molecule has 0 atom stereocenters. The van der Waals surface area contributed by atoms with Crippen molar-refractivity contribution >= 4 is 16.2 Å². The van der Waals surface area contributed by atoms with Gasteiger partial charge >= 0.3 is 10.2 Å². The minimum Gasteiger partial charge on any atom is -0.396 e. The predicted octanol–water partition coefficient (Wildman–Crippen LogP) is -2.17. The molecule has 4 N–H and O–H groups in total. The molecule has 14 heavy (non-hydrogen) atoms. The third-order valence-electron chi connectivity index (χ3n) is 1.76. The maximum Gasteiger partial charge on any atom is 0.320 e. The van der Waals surface area contributed by atoms with E-state index in [1.807, 2.05) is 0 Å². The molecule has 0 aromatic carbocycles. The number of rotatable bonds is 4. The Hall–Kier alpha value is -0.860. The fourth-order valence-electron chi connectivity index (χ4n) is 1.21. The van der Waals surface area contributed by atoms with Crippen LogP contribution in [0.15, 0.2) is 4.40 Å². The van der Waals surface area contributed by atoms with E-state index in [9.17, 15) is 8.42 Å². The highest BCUT2D eigenvalue weighted by molar-refractivity contribution is 7.88. The summed E-state index contributed by atoms with van der Waals surface area (Å²) in [5.74, 6) is 0.265. The standard InChI is InChI=1S/C6H14N4O3S/c7-14(12,13)9-6-8-2-4-10(6)3-1-5-11/h11H,1-5H2,(H,8,9)(H2,7,12,13). The lowest BCUT2D eigenvalue weighted by Gasteiger charge is -2.15. The summed E-state index contributed by atoms with van der Waals surface area (Å²) in [4.78, 5) is 1.74. The van der Waals surface area contributed by atoms with Gasteiger partial charge in [0.15, 0.2) is 0 Å². The number of guanidine groups is 1. The number of aliphatic hydroxyl groups is 1. The Kier molecular flexibility index (Phi) is 3.67. The molecule has 1 aliphatic rings. The van der Waals surface area contributed by atoms with Crippen LogP contribution in [0.5, 0.6) is 0 Å². The molecule has 0 aromatic rings. The topological polar surface area (TPSA) is 108 Å². The number of nitrogens with zero attached hydrogens (tertiary/aromatic N) is 2. The highest BCUT2D eigenvalue weighted by Crippen LogP contribution is 1.99. The van der Waals surface area contributed by atoms with Crippen molar-refractivity contribution in [3.8, 4) is 0 Å². The van der Waals surface area contributed by atoms with E-state index in [2.05, 4.69) is 9.71 Å². The van der Waals surface area contributed by atoms with E-state index in [-0.39, 0.29) is 12.6 Å². The maximum atomic E-state index is 10.7. The Morgan fingerprint density at radius 2 is 2.36 bits per heavy atom. The summed E-state index contributed by atoms with van der Waals surface area (Å²) < 4.78 is 24.7. The Balaban J connectivity index is 2.64. The quantitative estimate of drug-likeness (QED) is 0.502. The molecule has 0 amide bonds. The average molecular weight is 222 g/mol. The van der Waals surface area contributed by atoms with Crippen molar-refractivity contribution in [1.29, 1.82) is 0 Å². The summed E-state index contributed by atoms with van der Waals surface area (Å²) in [7, 11) is -3.84. The average Bonchev–Trinajstić information content (AvgIpc) is 2.45. The summed E-state index contributed by atoms with van der Waals surface area (Å²) in [6.07, 6.45) is 0.575. The van der Waals surface area contributed by atoms with Crippen molar-refractivity contribution in [1.82, 2.24) is 10.2 Å². The van der Waals surface area contributed by atoms with E-state index in [1.54, 1.807) is 4.90 Å². The lowest BCUT2D eigenvalue weighted by molar-refractivity contribution is 0.271. The molecule has 1 saturated heterocycles. The Morgan fingerprint density at radius 3 is 2.93 bits per heavy atom. The molecular formula is C6H14N4O3S. The molecule has 1 fully saturated rings. The van der Waals surface area contributed by atoms with Crippen LogP contribution in [0.25, 0.3) is 0 Å². The van der Waals surface area contributed by atoms with Crippen molar-refractivity contribution in [3.05, 3.63) is 0 Å². The van der Waals surface area contributed by atoms with Gasteiger partial charge in [-0.05, 0) is 6.42 Å². The number of aliphatic hydroxyl groups excluding tert-OH is 1. The minimum atomic E-state index is -3.84. The van der Waals surface area contributed by atoms with Gasteiger partial charge in [0.1, 0.15) is 0 Å². The zero-order valence-corrected chi connectivity index (χ0v) is 8.50. The predicted molar refractivity (Wildman–Crippen MR) is 51.8 cm³/mol. The molecule has 0 bridgehead atoms. The first kappa shape index (κ1) is 11.2. The molecule has 7 nitrogen and oxygen atoms in total. The monoisotopic (exact) mass is 222 g/mol. The van der Waals surface area contributed by atoms with E-state index in [0.29, 0.717) is 26.1 Å². The third-order valence-corrected chi connectivity index (χ3v) is 2.19. The fraction of sp³-hybridized carbons (Fsp3) is 0.833. The molecule has 1 rings (SSSR count). The second kappa shape index (κ2) is 4.58. The summed E-state index contributed by atoms with van der Waals surface area (Å²) >= 11 is 0. The Bertz CT molecular complexity index is 313. The molecule has 1 heterocycles. The second-order valence-corrected chi connectivity index (χ2v) is 4.13. The number of hydrogen-bond acceptors (Lipinski definition) is 3. The molecule has 82 valence electrons. The molecule has 0 spiro atoms. The fourth-order valence-corrected chi connectivity index (χ4v) is 1.63. The maximum absolute atomic E-state index is 10.7. The first-order valence-corrected chi connectivity index (χ1v) is 5.75. The number of nitrogens with one attached hydrogen (secondary N) is 1. The van der Waals surface area contributed by atoms with Gasteiger partial charge in [0.2, 0.25) is 5.96 Å². The lowest BCUT2D eigenvalue weighted by atomic mass is 10.4. The third kappa shape index (κ3) is 3.48. The van der Waals surface area contributed by atoms with Crippen LogP contribution in [0, 0.1) is 0 Å². The molecule has 0 unspecified atom stereocenters. The molecular weight excluding hydrogens is 208 g/mol. The van der Waals surface area contributed by atoms with E-state index < -0.39 is 10.2 Å². The van der Waals surface area contributed by atoms with Gasteiger partial charge in [-0.15, -0.1) is 4.40 Å². The molecule has 0 aromatic heterocycles. The zero-order valence-electron chi connectivity index (χ0n) is 7.68. The molecule has 8 heteroatoms. The van der Waals surface area contributed by atoms with Crippen molar-refractivity contribution in [3.63, 3.8) is 0 Å². The second-order valence-electron chi connectivity index (χ2n) is 2.92. The van der Waals surface area contributed by atoms with Crippen LogP contribution in [-0.2, 0) is 10.2 Å². The van der Waals surface area contributed by atoms with Gasteiger partial charge in [-0.2, -0.15) is 8.42 Å². The molecule has 1 aliphatic heterocycles. The van der Waals surface area contributed by atoms with E-state index >= 15 is 0 Å². The van der Waals surface area contributed by atoms with Crippen LogP contribution in [-0.4, -0.2) is 50.6 Å². The normalized spacial score (nSPS) is 20.1. The van der Waals surface area contributed by atoms with Crippen LogP contribution in [0.3, 0.4) is 0 Å². The van der Waals surface area contributed by atoms with E-state index in [1.165, 1.54) is 0 Å². The van der Waals surface area contributed by atoms with Gasteiger partial charge in [0, 0.05) is 26.2 Å².